The number of rotatable bonds is 14. The van der Waals surface area contributed by atoms with Crippen LogP contribution in [-0.2, 0) is 32.6 Å². The molecule has 0 saturated carbocycles. The summed E-state index contributed by atoms with van der Waals surface area (Å²) in [6.45, 7) is 2.71. The molecule has 10 heteroatoms. The number of amides is 2. The van der Waals surface area contributed by atoms with Crippen LogP contribution in [0.4, 0.5) is 5.69 Å². The first-order valence-corrected chi connectivity index (χ1v) is 15.8. The molecule has 0 spiro atoms. The normalized spacial score (nSPS) is 12.0. The Kier molecular flexibility index (Phi) is 11.9. The molecule has 0 unspecified atom stereocenters. The van der Waals surface area contributed by atoms with E-state index in [2.05, 4.69) is 5.32 Å². The number of hydrogen-bond acceptors (Lipinski definition) is 4. The molecular weight excluding hydrogens is 569 g/mol. The molecule has 3 aromatic rings. The van der Waals surface area contributed by atoms with Crippen LogP contribution < -0.4 is 9.62 Å². The molecule has 2 amide bonds. The highest BCUT2D eigenvalue weighted by molar-refractivity contribution is 7.92. The standard InChI is InChI=1S/C30H35Cl2N3O4S/c1-3-18-33-30(37)28(21-23-11-6-4-7-12-23)34(22-24-16-17-26(31)27(32)20-24)29(36)15-10-19-35(40(2,38)39)25-13-8-5-9-14-25/h4-9,11-14,16-17,20,28H,3,10,15,18-19,21-22H2,1-2H3,(H,33,37)/t28-/m0/s1. The lowest BCUT2D eigenvalue weighted by Crippen LogP contribution is -2.50. The molecule has 1 N–H and O–H groups in total. The maximum Gasteiger partial charge on any atom is 0.243 e. The molecule has 0 fully saturated rings. The van der Waals surface area contributed by atoms with E-state index >= 15 is 0 Å². The van der Waals surface area contributed by atoms with Crippen LogP contribution >= 0.6 is 23.2 Å². The van der Waals surface area contributed by atoms with Crippen LogP contribution in [0.1, 0.15) is 37.3 Å². The fraction of sp³-hybridized carbons (Fsp3) is 0.333. The van der Waals surface area contributed by atoms with Crippen LogP contribution in [0.5, 0.6) is 0 Å². The predicted octanol–water partition coefficient (Wildman–Crippen LogP) is 5.71. The Hall–Kier alpha value is -3.07. The Labute approximate surface area is 247 Å². The Bertz CT molecular complexity index is 1370. The number of nitrogens with zero attached hydrogens (tertiary/aromatic N) is 2. The van der Waals surface area contributed by atoms with Gasteiger partial charge in [0.1, 0.15) is 6.04 Å². The van der Waals surface area contributed by atoms with Crippen LogP contribution in [0.3, 0.4) is 0 Å². The summed E-state index contributed by atoms with van der Waals surface area (Å²) in [7, 11) is -3.56. The first kappa shape index (κ1) is 31.5. The molecule has 1 atom stereocenters. The van der Waals surface area contributed by atoms with Gasteiger partial charge in [0.15, 0.2) is 0 Å². The highest BCUT2D eigenvalue weighted by Gasteiger charge is 2.30. The van der Waals surface area contributed by atoms with Gasteiger partial charge < -0.3 is 10.2 Å². The SMILES string of the molecule is CCCNC(=O)[C@H](Cc1ccccc1)N(Cc1ccc(Cl)c(Cl)c1)C(=O)CCCN(c1ccccc1)S(C)(=O)=O. The second-order valence-corrected chi connectivity index (χ2v) is 12.3. The molecule has 7 nitrogen and oxygen atoms in total. The number of para-hydroxylation sites is 1. The summed E-state index contributed by atoms with van der Waals surface area (Å²) in [5.74, 6) is -0.513. The van der Waals surface area contributed by atoms with Crippen molar-refractivity contribution in [2.75, 3.05) is 23.7 Å². The van der Waals surface area contributed by atoms with Gasteiger partial charge in [-0.25, -0.2) is 8.42 Å². The van der Waals surface area contributed by atoms with Gasteiger partial charge in [-0.3, -0.25) is 13.9 Å². The van der Waals surface area contributed by atoms with E-state index in [9.17, 15) is 18.0 Å². The predicted molar refractivity (Wildman–Crippen MR) is 162 cm³/mol. The molecule has 3 aromatic carbocycles. The molecule has 0 saturated heterocycles. The largest absolute Gasteiger partial charge is 0.354 e. The molecule has 214 valence electrons. The second-order valence-electron chi connectivity index (χ2n) is 9.54. The third kappa shape index (κ3) is 9.25. The Morgan fingerprint density at radius 2 is 1.55 bits per heavy atom. The highest BCUT2D eigenvalue weighted by Crippen LogP contribution is 2.25. The van der Waals surface area contributed by atoms with Crippen molar-refractivity contribution in [2.24, 2.45) is 0 Å². The lowest BCUT2D eigenvalue weighted by molar-refractivity contribution is -0.141. The molecule has 0 bridgehead atoms. The summed E-state index contributed by atoms with van der Waals surface area (Å²) in [6.07, 6.45) is 2.54. The monoisotopic (exact) mass is 603 g/mol. The summed E-state index contributed by atoms with van der Waals surface area (Å²) in [5, 5.41) is 3.69. The number of anilines is 1. The van der Waals surface area contributed by atoms with Crippen LogP contribution in [-0.4, -0.2) is 50.5 Å². The van der Waals surface area contributed by atoms with Gasteiger partial charge >= 0.3 is 0 Å². The van der Waals surface area contributed by atoms with Gasteiger partial charge in [-0.05, 0) is 48.2 Å². The van der Waals surface area contributed by atoms with Crippen molar-refractivity contribution in [3.8, 4) is 0 Å². The molecule has 0 radical (unpaired) electrons. The summed E-state index contributed by atoms with van der Waals surface area (Å²) in [4.78, 5) is 28.8. The maximum absolute atomic E-state index is 13.8. The molecule has 3 rings (SSSR count). The van der Waals surface area contributed by atoms with Crippen molar-refractivity contribution in [2.45, 2.75) is 45.2 Å². The number of nitrogens with one attached hydrogen (secondary N) is 1. The van der Waals surface area contributed by atoms with Gasteiger partial charge in [-0.2, -0.15) is 0 Å². The van der Waals surface area contributed by atoms with E-state index in [1.807, 2.05) is 43.3 Å². The molecular formula is C30H35Cl2N3O4S. The minimum absolute atomic E-state index is 0.0481. The first-order valence-electron chi connectivity index (χ1n) is 13.2. The topological polar surface area (TPSA) is 86.8 Å². The number of benzene rings is 3. The molecule has 0 aliphatic carbocycles. The average Bonchev–Trinajstić information content (AvgIpc) is 2.93. The van der Waals surface area contributed by atoms with Gasteiger partial charge in [0.05, 0.1) is 22.0 Å². The lowest BCUT2D eigenvalue weighted by atomic mass is 10.0. The molecule has 40 heavy (non-hydrogen) atoms. The fourth-order valence-corrected chi connectivity index (χ4v) is 5.64. The van der Waals surface area contributed by atoms with Gasteiger partial charge in [0.2, 0.25) is 21.8 Å². The summed E-state index contributed by atoms with van der Waals surface area (Å²) in [6, 6.07) is 22.6. The molecule has 0 aliphatic heterocycles. The summed E-state index contributed by atoms with van der Waals surface area (Å²) in [5.41, 5.74) is 2.18. The zero-order valence-electron chi connectivity index (χ0n) is 22.7. The van der Waals surface area contributed by atoms with E-state index in [-0.39, 0.29) is 37.7 Å². The van der Waals surface area contributed by atoms with Crippen LogP contribution in [0.25, 0.3) is 0 Å². The number of halogens is 2. The van der Waals surface area contributed by atoms with E-state index in [4.69, 9.17) is 23.2 Å². The van der Waals surface area contributed by atoms with E-state index in [1.165, 1.54) is 4.31 Å². The molecule has 0 aliphatic rings. The first-order chi connectivity index (χ1) is 19.1. The van der Waals surface area contributed by atoms with Crippen molar-refractivity contribution >= 4 is 50.7 Å². The van der Waals surface area contributed by atoms with Crippen molar-refractivity contribution in [3.63, 3.8) is 0 Å². The third-order valence-electron chi connectivity index (χ3n) is 6.35. The number of hydrogen-bond donors (Lipinski definition) is 1. The zero-order chi connectivity index (χ0) is 29.1. The number of sulfonamides is 1. The number of carbonyl (C=O) groups is 2. The summed E-state index contributed by atoms with van der Waals surface area (Å²) >= 11 is 12.4. The summed E-state index contributed by atoms with van der Waals surface area (Å²) < 4.78 is 26.3. The highest BCUT2D eigenvalue weighted by atomic mass is 35.5. The van der Waals surface area contributed by atoms with Crippen molar-refractivity contribution in [3.05, 3.63) is 100 Å². The van der Waals surface area contributed by atoms with E-state index in [0.29, 0.717) is 28.7 Å². The van der Waals surface area contributed by atoms with Gasteiger partial charge in [0.25, 0.3) is 0 Å². The van der Waals surface area contributed by atoms with E-state index < -0.39 is 16.1 Å². The zero-order valence-corrected chi connectivity index (χ0v) is 25.1. The van der Waals surface area contributed by atoms with Crippen LogP contribution in [0.2, 0.25) is 10.0 Å². The Morgan fingerprint density at radius 1 is 0.900 bits per heavy atom. The van der Waals surface area contributed by atoms with Crippen LogP contribution in [0.15, 0.2) is 78.9 Å². The maximum atomic E-state index is 13.8. The van der Waals surface area contributed by atoms with Crippen molar-refractivity contribution < 1.29 is 18.0 Å². The second kappa shape index (κ2) is 15.1. The Morgan fingerprint density at radius 3 is 2.15 bits per heavy atom. The quantitative estimate of drug-likeness (QED) is 0.256. The number of carbonyl (C=O) groups excluding carboxylic acids is 2. The molecule has 0 aromatic heterocycles. The third-order valence-corrected chi connectivity index (χ3v) is 8.29. The van der Waals surface area contributed by atoms with Gasteiger partial charge in [0, 0.05) is 32.5 Å². The Balaban J connectivity index is 1.88. The van der Waals surface area contributed by atoms with Gasteiger partial charge in [-0.15, -0.1) is 0 Å². The molecule has 0 heterocycles. The van der Waals surface area contributed by atoms with E-state index in [0.717, 1.165) is 23.8 Å². The average molecular weight is 605 g/mol. The minimum Gasteiger partial charge on any atom is -0.354 e. The minimum atomic E-state index is -3.56. The van der Waals surface area contributed by atoms with E-state index in [1.54, 1.807) is 47.4 Å². The fourth-order valence-electron chi connectivity index (χ4n) is 4.35. The van der Waals surface area contributed by atoms with Crippen molar-refractivity contribution in [1.29, 1.82) is 0 Å². The van der Waals surface area contributed by atoms with Gasteiger partial charge in [-0.1, -0.05) is 84.7 Å². The van der Waals surface area contributed by atoms with Crippen LogP contribution in [0, 0.1) is 0 Å². The lowest BCUT2D eigenvalue weighted by Gasteiger charge is -2.32. The smallest absolute Gasteiger partial charge is 0.243 e. The van der Waals surface area contributed by atoms with Crippen molar-refractivity contribution in [1.82, 2.24) is 10.2 Å².